The first-order chi connectivity index (χ1) is 15.9. The Labute approximate surface area is 192 Å². The number of hydrogen-bond donors (Lipinski definition) is 1. The van der Waals surface area contributed by atoms with Crippen molar-refractivity contribution in [3.63, 3.8) is 0 Å². The highest BCUT2D eigenvalue weighted by molar-refractivity contribution is 7.92. The third-order valence-electron chi connectivity index (χ3n) is 5.22. The standard InChI is InChI=1S/C25H23N3O4S/c1-32-21-11-7-10-20(15-21)28(33(2,30)31)17-25(29)27-26-16-24-22-12-5-3-8-18(22)14-19-9-4-6-13-23(19)24/h3-16H,17H2,1-2H3,(H,27,29)/b26-16-. The molecule has 0 spiro atoms. The Morgan fingerprint density at radius 2 is 1.61 bits per heavy atom. The van der Waals surface area contributed by atoms with E-state index in [0.29, 0.717) is 11.4 Å². The topological polar surface area (TPSA) is 88.1 Å². The zero-order chi connectivity index (χ0) is 23.4. The number of sulfonamides is 1. The molecular weight excluding hydrogens is 438 g/mol. The number of amides is 1. The molecule has 0 aromatic heterocycles. The largest absolute Gasteiger partial charge is 0.497 e. The van der Waals surface area contributed by atoms with Gasteiger partial charge in [0.25, 0.3) is 5.91 Å². The number of nitrogens with zero attached hydrogens (tertiary/aromatic N) is 2. The summed E-state index contributed by atoms with van der Waals surface area (Å²) < 4.78 is 30.8. The Morgan fingerprint density at radius 1 is 0.970 bits per heavy atom. The molecule has 4 rings (SSSR count). The molecule has 0 radical (unpaired) electrons. The van der Waals surface area contributed by atoms with Crippen LogP contribution in [0.1, 0.15) is 5.56 Å². The van der Waals surface area contributed by atoms with Crippen LogP contribution in [0.4, 0.5) is 5.69 Å². The summed E-state index contributed by atoms with van der Waals surface area (Å²) in [4.78, 5) is 12.6. The van der Waals surface area contributed by atoms with Gasteiger partial charge in [-0.3, -0.25) is 9.10 Å². The van der Waals surface area contributed by atoms with E-state index in [9.17, 15) is 13.2 Å². The molecule has 0 saturated heterocycles. The Balaban J connectivity index is 1.59. The Bertz CT molecular complexity index is 1410. The van der Waals surface area contributed by atoms with Crippen LogP contribution in [0, 0.1) is 0 Å². The van der Waals surface area contributed by atoms with Crippen LogP contribution >= 0.6 is 0 Å². The van der Waals surface area contributed by atoms with Gasteiger partial charge in [0.05, 0.1) is 25.3 Å². The molecule has 4 aromatic rings. The van der Waals surface area contributed by atoms with Crippen LogP contribution in [0.15, 0.2) is 84.0 Å². The smallest absolute Gasteiger partial charge is 0.260 e. The minimum absolute atomic E-state index is 0.330. The first-order valence-corrected chi connectivity index (χ1v) is 12.1. The van der Waals surface area contributed by atoms with Gasteiger partial charge in [0.15, 0.2) is 0 Å². The number of hydrogen-bond acceptors (Lipinski definition) is 5. The molecule has 0 saturated carbocycles. The summed E-state index contributed by atoms with van der Waals surface area (Å²) >= 11 is 0. The molecule has 0 fully saturated rings. The number of ether oxygens (including phenoxy) is 1. The van der Waals surface area contributed by atoms with E-state index in [1.54, 1.807) is 30.5 Å². The molecule has 0 aliphatic heterocycles. The number of benzene rings is 4. The van der Waals surface area contributed by atoms with Gasteiger partial charge >= 0.3 is 0 Å². The summed E-state index contributed by atoms with van der Waals surface area (Å²) in [5.74, 6) is -0.0774. The van der Waals surface area contributed by atoms with Crippen molar-refractivity contribution >= 4 is 49.4 Å². The second kappa shape index (κ2) is 9.30. The lowest BCUT2D eigenvalue weighted by Crippen LogP contribution is -2.39. The van der Waals surface area contributed by atoms with Crippen LogP contribution in [-0.4, -0.2) is 40.4 Å². The van der Waals surface area contributed by atoms with Crippen molar-refractivity contribution in [3.05, 3.63) is 84.4 Å². The van der Waals surface area contributed by atoms with Crippen molar-refractivity contribution in [1.82, 2.24) is 5.43 Å². The summed E-state index contributed by atoms with van der Waals surface area (Å²) in [5, 5.41) is 8.26. The number of methoxy groups -OCH3 is 1. The molecule has 8 heteroatoms. The van der Waals surface area contributed by atoms with Crippen LogP contribution in [-0.2, 0) is 14.8 Å². The number of nitrogens with one attached hydrogen (secondary N) is 1. The second-order valence-corrected chi connectivity index (χ2v) is 9.40. The van der Waals surface area contributed by atoms with Crippen LogP contribution < -0.4 is 14.5 Å². The van der Waals surface area contributed by atoms with Crippen LogP contribution in [0.5, 0.6) is 5.75 Å². The predicted molar refractivity (Wildman–Crippen MR) is 132 cm³/mol. The fraction of sp³-hybridized carbons (Fsp3) is 0.120. The maximum atomic E-state index is 12.6. The molecule has 0 unspecified atom stereocenters. The molecular formula is C25H23N3O4S. The van der Waals surface area contributed by atoms with Crippen molar-refractivity contribution in [2.45, 2.75) is 0 Å². The highest BCUT2D eigenvalue weighted by atomic mass is 32.2. The molecule has 0 bridgehead atoms. The number of hydrazone groups is 1. The lowest BCUT2D eigenvalue weighted by atomic mass is 9.97. The molecule has 7 nitrogen and oxygen atoms in total. The Morgan fingerprint density at radius 3 is 2.21 bits per heavy atom. The second-order valence-electron chi connectivity index (χ2n) is 7.50. The van der Waals surface area contributed by atoms with E-state index in [1.165, 1.54) is 7.11 Å². The number of carbonyl (C=O) groups is 1. The van der Waals surface area contributed by atoms with Crippen LogP contribution in [0.2, 0.25) is 0 Å². The maximum Gasteiger partial charge on any atom is 0.260 e. The van der Waals surface area contributed by atoms with Crippen molar-refractivity contribution in [3.8, 4) is 5.75 Å². The monoisotopic (exact) mass is 461 g/mol. The number of carbonyl (C=O) groups excluding carboxylic acids is 1. The van der Waals surface area contributed by atoms with E-state index in [4.69, 9.17) is 4.74 Å². The lowest BCUT2D eigenvalue weighted by molar-refractivity contribution is -0.119. The van der Waals surface area contributed by atoms with E-state index in [2.05, 4.69) is 16.6 Å². The molecule has 1 N–H and O–H groups in total. The molecule has 0 aliphatic carbocycles. The zero-order valence-electron chi connectivity index (χ0n) is 18.2. The van der Waals surface area contributed by atoms with Gasteiger partial charge in [-0.2, -0.15) is 5.10 Å². The summed E-state index contributed by atoms with van der Waals surface area (Å²) in [6, 6.07) is 24.5. The van der Waals surface area contributed by atoms with Crippen LogP contribution in [0.3, 0.4) is 0 Å². The quantitative estimate of drug-likeness (QED) is 0.257. The van der Waals surface area contributed by atoms with Gasteiger partial charge in [0, 0.05) is 11.6 Å². The fourth-order valence-corrected chi connectivity index (χ4v) is 4.54. The summed E-state index contributed by atoms with van der Waals surface area (Å²) in [7, 11) is -2.22. The third-order valence-corrected chi connectivity index (χ3v) is 6.37. The average Bonchev–Trinajstić information content (AvgIpc) is 2.81. The number of anilines is 1. The highest BCUT2D eigenvalue weighted by Crippen LogP contribution is 2.27. The Kier molecular flexibility index (Phi) is 6.28. The van der Waals surface area contributed by atoms with E-state index < -0.39 is 22.5 Å². The summed E-state index contributed by atoms with van der Waals surface area (Å²) in [6.45, 7) is -0.417. The highest BCUT2D eigenvalue weighted by Gasteiger charge is 2.21. The van der Waals surface area contributed by atoms with Crippen molar-refractivity contribution in [2.75, 3.05) is 24.2 Å². The normalized spacial score (nSPS) is 11.7. The van der Waals surface area contributed by atoms with Gasteiger partial charge in [0.2, 0.25) is 10.0 Å². The minimum atomic E-state index is -3.71. The van der Waals surface area contributed by atoms with E-state index in [1.807, 2.05) is 48.5 Å². The van der Waals surface area contributed by atoms with Crippen molar-refractivity contribution < 1.29 is 17.9 Å². The first-order valence-electron chi connectivity index (χ1n) is 10.2. The molecule has 33 heavy (non-hydrogen) atoms. The van der Waals surface area contributed by atoms with Gasteiger partial charge in [-0.25, -0.2) is 13.8 Å². The molecule has 4 aromatic carbocycles. The van der Waals surface area contributed by atoms with Crippen LogP contribution in [0.25, 0.3) is 21.5 Å². The van der Waals surface area contributed by atoms with Gasteiger partial charge in [-0.1, -0.05) is 54.6 Å². The van der Waals surface area contributed by atoms with Crippen molar-refractivity contribution in [2.24, 2.45) is 5.10 Å². The number of rotatable bonds is 7. The fourth-order valence-electron chi connectivity index (χ4n) is 3.69. The van der Waals surface area contributed by atoms with Crippen molar-refractivity contribution in [1.29, 1.82) is 0 Å². The van der Waals surface area contributed by atoms with E-state index in [-0.39, 0.29) is 0 Å². The zero-order valence-corrected chi connectivity index (χ0v) is 19.0. The Hall–Kier alpha value is -3.91. The van der Waals surface area contributed by atoms with Gasteiger partial charge in [0.1, 0.15) is 12.3 Å². The SMILES string of the molecule is COc1cccc(N(CC(=O)N/N=C\c2c3ccccc3cc3ccccc23)S(C)(=O)=O)c1. The maximum absolute atomic E-state index is 12.6. The summed E-state index contributed by atoms with van der Waals surface area (Å²) in [5.41, 5.74) is 3.66. The molecule has 168 valence electrons. The van der Waals surface area contributed by atoms with Gasteiger partial charge < -0.3 is 4.74 Å². The minimum Gasteiger partial charge on any atom is -0.497 e. The van der Waals surface area contributed by atoms with E-state index >= 15 is 0 Å². The lowest BCUT2D eigenvalue weighted by Gasteiger charge is -2.21. The summed E-state index contributed by atoms with van der Waals surface area (Å²) in [6.07, 6.45) is 2.64. The molecule has 0 heterocycles. The first kappa shape index (κ1) is 22.3. The van der Waals surface area contributed by atoms with E-state index in [0.717, 1.165) is 37.7 Å². The average molecular weight is 462 g/mol. The third kappa shape index (κ3) is 4.96. The number of fused-ring (bicyclic) bond motifs is 2. The van der Waals surface area contributed by atoms with Gasteiger partial charge in [-0.05, 0) is 39.7 Å². The van der Waals surface area contributed by atoms with Gasteiger partial charge in [-0.15, -0.1) is 0 Å². The molecule has 1 amide bonds. The molecule has 0 aliphatic rings. The molecule has 0 atom stereocenters. The predicted octanol–water partition coefficient (Wildman–Crippen LogP) is 3.92.